The van der Waals surface area contributed by atoms with Crippen molar-refractivity contribution in [3.8, 4) is 11.5 Å². The smallest absolute Gasteiger partial charge is 0.404 e. The van der Waals surface area contributed by atoms with Crippen LogP contribution in [-0.4, -0.2) is 43.7 Å². The maximum Gasteiger partial charge on any atom is 0.404 e. The summed E-state index contributed by atoms with van der Waals surface area (Å²) in [5, 5.41) is 11.0. The minimum atomic E-state index is -1.04. The van der Waals surface area contributed by atoms with Crippen LogP contribution in [0.4, 0.5) is 4.79 Å². The predicted octanol–water partition coefficient (Wildman–Crippen LogP) is 2.62. The van der Waals surface area contributed by atoms with E-state index in [1.54, 1.807) is 14.2 Å². The summed E-state index contributed by atoms with van der Waals surface area (Å²) in [6.07, 6.45) is 4.26. The van der Waals surface area contributed by atoms with Crippen LogP contribution < -0.4 is 14.8 Å². The van der Waals surface area contributed by atoms with Crippen LogP contribution in [0.25, 0.3) is 0 Å². The van der Waals surface area contributed by atoms with E-state index in [2.05, 4.69) is 5.32 Å². The minimum Gasteiger partial charge on any atom is -0.493 e. The molecule has 0 aliphatic carbocycles. The Bertz CT molecular complexity index is 586. The van der Waals surface area contributed by atoms with Gasteiger partial charge in [0.25, 0.3) is 0 Å². The van der Waals surface area contributed by atoms with E-state index in [1.165, 1.54) is 0 Å². The van der Waals surface area contributed by atoms with Gasteiger partial charge in [-0.2, -0.15) is 0 Å². The van der Waals surface area contributed by atoms with Crippen molar-refractivity contribution in [3.63, 3.8) is 0 Å². The van der Waals surface area contributed by atoms with E-state index in [0.29, 0.717) is 11.5 Å². The van der Waals surface area contributed by atoms with Gasteiger partial charge in [-0.15, -0.1) is 0 Å². The average molecular weight is 321 g/mol. The molecular weight excluding hydrogens is 298 g/mol. The van der Waals surface area contributed by atoms with E-state index in [9.17, 15) is 4.79 Å². The molecule has 1 aliphatic heterocycles. The zero-order valence-electron chi connectivity index (χ0n) is 13.7. The highest BCUT2D eigenvalue weighted by molar-refractivity contribution is 5.64. The molecule has 2 N–H and O–H groups in total. The monoisotopic (exact) mass is 321 g/mol. The van der Waals surface area contributed by atoms with E-state index in [0.717, 1.165) is 18.4 Å². The van der Waals surface area contributed by atoms with Crippen molar-refractivity contribution in [1.82, 2.24) is 5.32 Å². The molecule has 0 spiro atoms. The molecule has 1 aromatic carbocycles. The summed E-state index contributed by atoms with van der Waals surface area (Å²) in [5.74, 6) is 1.42. The Hall–Kier alpha value is -2.21. The Balaban J connectivity index is 1.91. The molecule has 6 heteroatoms. The highest BCUT2D eigenvalue weighted by atomic mass is 16.5. The van der Waals surface area contributed by atoms with E-state index in [-0.39, 0.29) is 12.6 Å². The second kappa shape index (κ2) is 7.37. The molecule has 0 radical (unpaired) electrons. The first-order chi connectivity index (χ1) is 11.0. The van der Waals surface area contributed by atoms with Crippen molar-refractivity contribution >= 4 is 6.09 Å². The van der Waals surface area contributed by atoms with Gasteiger partial charge in [0.15, 0.2) is 11.5 Å². The summed E-state index contributed by atoms with van der Waals surface area (Å²) >= 11 is 0. The van der Waals surface area contributed by atoms with E-state index in [4.69, 9.17) is 19.3 Å². The largest absolute Gasteiger partial charge is 0.493 e. The molecule has 0 bridgehead atoms. The lowest BCUT2D eigenvalue weighted by Crippen LogP contribution is -2.34. The lowest BCUT2D eigenvalue weighted by atomic mass is 9.97. The van der Waals surface area contributed by atoms with Crippen LogP contribution in [0.2, 0.25) is 0 Å². The fourth-order valence-electron chi connectivity index (χ4n) is 2.60. The van der Waals surface area contributed by atoms with E-state index in [1.807, 2.05) is 37.3 Å². The SMILES string of the molecule is COc1ccc(CCC2(C)C=CC(CNC(=O)O)O2)cc1OC. The van der Waals surface area contributed by atoms with Gasteiger partial charge in [-0.3, -0.25) is 0 Å². The standard InChI is InChI=1S/C17H23NO5/c1-17(9-7-13(23-17)11-18-16(19)20)8-6-12-4-5-14(21-2)15(10-12)22-3/h4-5,7,9-10,13,18H,6,8,11H2,1-3H3,(H,19,20). The quantitative estimate of drug-likeness (QED) is 0.755. The second-order valence-electron chi connectivity index (χ2n) is 5.70. The summed E-state index contributed by atoms with van der Waals surface area (Å²) in [7, 11) is 3.23. The van der Waals surface area contributed by atoms with Crippen LogP contribution in [0.3, 0.4) is 0 Å². The number of carboxylic acid groups (broad SMARTS) is 1. The van der Waals surface area contributed by atoms with E-state index < -0.39 is 11.7 Å². The molecule has 0 aromatic heterocycles. The van der Waals surface area contributed by atoms with Gasteiger partial charge in [-0.1, -0.05) is 18.2 Å². The first-order valence-electron chi connectivity index (χ1n) is 7.50. The third-order valence-electron chi connectivity index (χ3n) is 3.90. The normalized spacial score (nSPS) is 22.8. The minimum absolute atomic E-state index is 0.221. The molecule has 126 valence electrons. The fraction of sp³-hybridized carbons (Fsp3) is 0.471. The molecule has 0 saturated heterocycles. The number of hydrogen-bond acceptors (Lipinski definition) is 4. The van der Waals surface area contributed by atoms with Gasteiger partial charge in [-0.05, 0) is 37.5 Å². The van der Waals surface area contributed by atoms with Crippen LogP contribution in [0.5, 0.6) is 11.5 Å². The lowest BCUT2D eigenvalue weighted by molar-refractivity contribution is -0.0148. The summed E-state index contributed by atoms with van der Waals surface area (Å²) in [5.41, 5.74) is 0.742. The third-order valence-corrected chi connectivity index (χ3v) is 3.90. The molecule has 2 rings (SSSR count). The van der Waals surface area contributed by atoms with Crippen LogP contribution in [-0.2, 0) is 11.2 Å². The molecule has 1 amide bonds. The number of carbonyl (C=O) groups is 1. The Labute approximate surface area is 136 Å². The molecule has 1 aliphatic rings. The van der Waals surface area contributed by atoms with Gasteiger partial charge in [-0.25, -0.2) is 4.79 Å². The van der Waals surface area contributed by atoms with Crippen molar-refractivity contribution < 1.29 is 24.1 Å². The van der Waals surface area contributed by atoms with Gasteiger partial charge in [0.2, 0.25) is 0 Å². The maximum absolute atomic E-state index is 10.5. The van der Waals surface area contributed by atoms with Crippen LogP contribution in [0.15, 0.2) is 30.4 Å². The molecule has 6 nitrogen and oxygen atoms in total. The van der Waals surface area contributed by atoms with Gasteiger partial charge >= 0.3 is 6.09 Å². The van der Waals surface area contributed by atoms with Crippen LogP contribution in [0.1, 0.15) is 18.9 Å². The van der Waals surface area contributed by atoms with Gasteiger partial charge in [0, 0.05) is 0 Å². The summed E-state index contributed by atoms with van der Waals surface area (Å²) in [6.45, 7) is 2.27. The Kier molecular flexibility index (Phi) is 5.50. The first-order valence-corrected chi connectivity index (χ1v) is 7.50. The number of amides is 1. The number of benzene rings is 1. The Morgan fingerprint density at radius 2 is 2.09 bits per heavy atom. The average Bonchev–Trinajstić information content (AvgIpc) is 2.92. The highest BCUT2D eigenvalue weighted by Crippen LogP contribution is 2.31. The van der Waals surface area contributed by atoms with Crippen molar-refractivity contribution in [3.05, 3.63) is 35.9 Å². The molecule has 1 aromatic rings. The number of hydrogen-bond donors (Lipinski definition) is 2. The first kappa shape index (κ1) is 17.1. The molecule has 23 heavy (non-hydrogen) atoms. The van der Waals surface area contributed by atoms with Gasteiger partial charge < -0.3 is 24.6 Å². The molecule has 2 unspecified atom stereocenters. The summed E-state index contributed by atoms with van der Waals surface area (Å²) < 4.78 is 16.5. The van der Waals surface area contributed by atoms with E-state index >= 15 is 0 Å². The molecule has 2 atom stereocenters. The van der Waals surface area contributed by atoms with Crippen molar-refractivity contribution in [1.29, 1.82) is 0 Å². The molecule has 1 heterocycles. The van der Waals surface area contributed by atoms with Gasteiger partial charge in [0.1, 0.15) is 0 Å². The van der Waals surface area contributed by atoms with Crippen molar-refractivity contribution in [2.45, 2.75) is 31.5 Å². The fourth-order valence-corrected chi connectivity index (χ4v) is 2.60. The lowest BCUT2D eigenvalue weighted by Gasteiger charge is -2.25. The number of ether oxygens (including phenoxy) is 3. The summed E-state index contributed by atoms with van der Waals surface area (Å²) in [4.78, 5) is 10.5. The molecular formula is C17H23NO5. The topological polar surface area (TPSA) is 77.0 Å². The third kappa shape index (κ3) is 4.63. The number of nitrogens with one attached hydrogen (secondary N) is 1. The zero-order chi connectivity index (χ0) is 16.9. The number of methoxy groups -OCH3 is 2. The Morgan fingerprint density at radius 1 is 1.35 bits per heavy atom. The number of rotatable bonds is 7. The Morgan fingerprint density at radius 3 is 2.74 bits per heavy atom. The zero-order valence-corrected chi connectivity index (χ0v) is 13.7. The second-order valence-corrected chi connectivity index (χ2v) is 5.70. The van der Waals surface area contributed by atoms with Crippen LogP contribution in [0, 0.1) is 0 Å². The number of aryl methyl sites for hydroxylation is 1. The van der Waals surface area contributed by atoms with Gasteiger partial charge in [0.05, 0.1) is 32.5 Å². The summed E-state index contributed by atoms with van der Waals surface area (Å²) in [6, 6.07) is 5.86. The van der Waals surface area contributed by atoms with Crippen molar-refractivity contribution in [2.24, 2.45) is 0 Å². The predicted molar refractivity (Wildman–Crippen MR) is 86.3 cm³/mol. The van der Waals surface area contributed by atoms with Crippen LogP contribution >= 0.6 is 0 Å². The van der Waals surface area contributed by atoms with Crippen molar-refractivity contribution in [2.75, 3.05) is 20.8 Å². The molecule has 0 saturated carbocycles. The maximum atomic E-state index is 10.5. The highest BCUT2D eigenvalue weighted by Gasteiger charge is 2.30. The molecule has 0 fully saturated rings.